The van der Waals surface area contributed by atoms with Crippen molar-refractivity contribution in [1.29, 1.82) is 0 Å². The molecule has 0 aliphatic carbocycles. The fourth-order valence-corrected chi connectivity index (χ4v) is 4.05. The van der Waals surface area contributed by atoms with Gasteiger partial charge in [0, 0.05) is 18.7 Å². The lowest BCUT2D eigenvalue weighted by Crippen LogP contribution is -2.24. The third-order valence-electron chi connectivity index (χ3n) is 4.74. The number of benzene rings is 2. The largest absolute Gasteiger partial charge is 0.419 e. The molecule has 4 aromatic rings. The highest BCUT2D eigenvalue weighted by Crippen LogP contribution is 2.34. The van der Waals surface area contributed by atoms with Gasteiger partial charge in [0.2, 0.25) is 11.8 Å². The number of aliphatic hydroxyl groups excluding tert-OH is 1. The van der Waals surface area contributed by atoms with Crippen LogP contribution in [0.2, 0.25) is 0 Å². The molecule has 4 rings (SSSR count). The van der Waals surface area contributed by atoms with Gasteiger partial charge in [0.1, 0.15) is 0 Å². The Morgan fingerprint density at radius 2 is 1.90 bits per heavy atom. The molecule has 0 saturated heterocycles. The van der Waals surface area contributed by atoms with E-state index >= 15 is 0 Å². The summed E-state index contributed by atoms with van der Waals surface area (Å²) in [5.74, 6) is 0.924. The van der Waals surface area contributed by atoms with Gasteiger partial charge in [-0.1, -0.05) is 41.6 Å². The first-order valence-electron chi connectivity index (χ1n) is 9.74. The first-order valence-corrected chi connectivity index (χ1v) is 10.6. The first-order chi connectivity index (χ1) is 14.6. The summed E-state index contributed by atoms with van der Waals surface area (Å²) in [7, 11) is 0. The summed E-state index contributed by atoms with van der Waals surface area (Å²) in [4.78, 5) is 17.6. The maximum atomic E-state index is 13.0. The van der Waals surface area contributed by atoms with E-state index in [1.807, 2.05) is 56.3 Å². The summed E-state index contributed by atoms with van der Waals surface area (Å²) in [6.07, 6.45) is 0.472. The van der Waals surface area contributed by atoms with Gasteiger partial charge >= 0.3 is 0 Å². The van der Waals surface area contributed by atoms with Crippen molar-refractivity contribution in [2.45, 2.75) is 37.2 Å². The Morgan fingerprint density at radius 1 is 1.13 bits per heavy atom. The SMILES string of the molecule is Cc1ccc(-c2nnc([C@@H](C)Sc3nc4ccccc4c(=O)n3CCCO)o2)cc1. The number of aliphatic hydroxyl groups is 1. The highest BCUT2D eigenvalue weighted by molar-refractivity contribution is 7.99. The van der Waals surface area contributed by atoms with E-state index in [4.69, 9.17) is 4.42 Å². The molecule has 0 aliphatic heterocycles. The normalized spacial score (nSPS) is 12.4. The number of aryl methyl sites for hydroxylation is 1. The Balaban J connectivity index is 1.65. The van der Waals surface area contributed by atoms with Gasteiger partial charge in [0.15, 0.2) is 5.16 Å². The van der Waals surface area contributed by atoms with Crippen LogP contribution in [0, 0.1) is 6.92 Å². The molecule has 0 amide bonds. The molecular weight excluding hydrogens is 400 g/mol. The minimum atomic E-state index is -0.204. The predicted molar refractivity (Wildman–Crippen MR) is 116 cm³/mol. The number of hydrogen-bond donors (Lipinski definition) is 1. The van der Waals surface area contributed by atoms with E-state index < -0.39 is 0 Å². The fraction of sp³-hybridized carbons (Fsp3) is 0.273. The summed E-state index contributed by atoms with van der Waals surface area (Å²) in [5.41, 5.74) is 2.55. The van der Waals surface area contributed by atoms with Crippen molar-refractivity contribution in [3.63, 3.8) is 0 Å². The van der Waals surface area contributed by atoms with Gasteiger partial charge in [-0.25, -0.2) is 4.98 Å². The fourth-order valence-electron chi connectivity index (χ4n) is 3.08. The Labute approximate surface area is 177 Å². The van der Waals surface area contributed by atoms with Gasteiger partial charge in [-0.05, 0) is 44.5 Å². The number of fused-ring (bicyclic) bond motifs is 1. The molecule has 0 saturated carbocycles. The molecule has 2 aromatic carbocycles. The van der Waals surface area contributed by atoms with Crippen molar-refractivity contribution >= 4 is 22.7 Å². The average molecular weight is 423 g/mol. The number of rotatable bonds is 7. The monoisotopic (exact) mass is 422 g/mol. The van der Waals surface area contributed by atoms with Crippen LogP contribution < -0.4 is 5.56 Å². The Bertz CT molecular complexity index is 1220. The van der Waals surface area contributed by atoms with Crippen LogP contribution in [0.25, 0.3) is 22.4 Å². The van der Waals surface area contributed by atoms with E-state index in [1.54, 1.807) is 10.6 Å². The molecule has 0 spiro atoms. The molecule has 30 heavy (non-hydrogen) atoms. The van der Waals surface area contributed by atoms with Crippen LogP contribution in [0.1, 0.15) is 30.0 Å². The summed E-state index contributed by atoms with van der Waals surface area (Å²) in [5, 5.41) is 18.5. The van der Waals surface area contributed by atoms with Crippen LogP contribution in [-0.2, 0) is 6.54 Å². The molecule has 2 aromatic heterocycles. The maximum Gasteiger partial charge on any atom is 0.262 e. The lowest BCUT2D eigenvalue weighted by molar-refractivity contribution is 0.276. The first kappa shape index (κ1) is 20.3. The molecule has 7 nitrogen and oxygen atoms in total. The lowest BCUT2D eigenvalue weighted by Gasteiger charge is -2.14. The summed E-state index contributed by atoms with van der Waals surface area (Å²) in [6, 6.07) is 15.2. The molecule has 0 radical (unpaired) electrons. The number of hydrogen-bond acceptors (Lipinski definition) is 7. The third kappa shape index (κ3) is 4.15. The van der Waals surface area contributed by atoms with Crippen molar-refractivity contribution in [1.82, 2.24) is 19.7 Å². The van der Waals surface area contributed by atoms with Gasteiger partial charge in [0.25, 0.3) is 5.56 Å². The zero-order valence-corrected chi connectivity index (χ0v) is 17.6. The molecule has 0 aliphatic rings. The smallest absolute Gasteiger partial charge is 0.262 e. The molecular formula is C22H22N4O3S. The van der Waals surface area contributed by atoms with E-state index in [9.17, 15) is 9.90 Å². The second-order valence-electron chi connectivity index (χ2n) is 7.02. The quantitative estimate of drug-likeness (QED) is 0.355. The van der Waals surface area contributed by atoms with Gasteiger partial charge in [0.05, 0.1) is 16.2 Å². The zero-order chi connectivity index (χ0) is 21.1. The third-order valence-corrected chi connectivity index (χ3v) is 5.81. The van der Waals surface area contributed by atoms with E-state index in [-0.39, 0.29) is 17.4 Å². The van der Waals surface area contributed by atoms with E-state index in [2.05, 4.69) is 15.2 Å². The summed E-state index contributed by atoms with van der Waals surface area (Å²) in [6.45, 7) is 4.35. The maximum absolute atomic E-state index is 13.0. The second kappa shape index (κ2) is 8.81. The molecule has 1 atom stereocenters. The molecule has 0 unspecified atom stereocenters. The number of nitrogens with zero attached hydrogens (tertiary/aromatic N) is 4. The molecule has 154 valence electrons. The standard InChI is InChI=1S/C22H22N4O3S/c1-14-8-10-16(11-9-14)20-25-24-19(29-20)15(2)30-22-23-18-7-4-3-6-17(18)21(28)26(22)12-5-13-27/h3-4,6-11,15,27H,5,12-13H2,1-2H3/t15-/m1/s1. The summed E-state index contributed by atoms with van der Waals surface area (Å²) < 4.78 is 7.49. The van der Waals surface area contributed by atoms with E-state index in [0.717, 1.165) is 11.1 Å². The predicted octanol–water partition coefficient (Wildman–Crippen LogP) is 3.99. The minimum Gasteiger partial charge on any atom is -0.419 e. The Hall–Kier alpha value is -2.97. The number of para-hydroxylation sites is 1. The summed E-state index contributed by atoms with van der Waals surface area (Å²) >= 11 is 1.39. The molecule has 0 bridgehead atoms. The van der Waals surface area contributed by atoms with Crippen LogP contribution in [0.3, 0.4) is 0 Å². The van der Waals surface area contributed by atoms with Crippen LogP contribution in [0.15, 0.2) is 62.9 Å². The number of aromatic nitrogens is 4. The van der Waals surface area contributed by atoms with E-state index in [0.29, 0.717) is 40.8 Å². The van der Waals surface area contributed by atoms with Gasteiger partial charge in [-0.15, -0.1) is 10.2 Å². The Kier molecular flexibility index (Phi) is 5.96. The number of thioether (sulfide) groups is 1. The van der Waals surface area contributed by atoms with Crippen molar-refractivity contribution in [2.24, 2.45) is 0 Å². The Morgan fingerprint density at radius 3 is 2.67 bits per heavy atom. The van der Waals surface area contributed by atoms with Gasteiger partial charge in [-0.2, -0.15) is 0 Å². The van der Waals surface area contributed by atoms with Crippen LogP contribution in [-0.4, -0.2) is 31.5 Å². The minimum absolute atomic E-state index is 0.00248. The van der Waals surface area contributed by atoms with Gasteiger partial charge in [-0.3, -0.25) is 9.36 Å². The van der Waals surface area contributed by atoms with E-state index in [1.165, 1.54) is 11.8 Å². The topological polar surface area (TPSA) is 94.0 Å². The van der Waals surface area contributed by atoms with Crippen molar-refractivity contribution in [2.75, 3.05) is 6.61 Å². The second-order valence-corrected chi connectivity index (χ2v) is 8.32. The van der Waals surface area contributed by atoms with Crippen LogP contribution >= 0.6 is 11.8 Å². The highest BCUT2D eigenvalue weighted by Gasteiger charge is 2.20. The van der Waals surface area contributed by atoms with Gasteiger partial charge < -0.3 is 9.52 Å². The van der Waals surface area contributed by atoms with Crippen molar-refractivity contribution < 1.29 is 9.52 Å². The van der Waals surface area contributed by atoms with Crippen LogP contribution in [0.4, 0.5) is 0 Å². The zero-order valence-electron chi connectivity index (χ0n) is 16.8. The molecule has 2 heterocycles. The van der Waals surface area contributed by atoms with Crippen molar-refractivity contribution in [3.8, 4) is 11.5 Å². The highest BCUT2D eigenvalue weighted by atomic mass is 32.2. The molecule has 1 N–H and O–H groups in total. The lowest BCUT2D eigenvalue weighted by atomic mass is 10.1. The molecule has 0 fully saturated rings. The average Bonchev–Trinajstić information content (AvgIpc) is 3.24. The van der Waals surface area contributed by atoms with Crippen LogP contribution in [0.5, 0.6) is 0 Å². The molecule has 8 heteroatoms. The van der Waals surface area contributed by atoms with Crippen molar-refractivity contribution in [3.05, 3.63) is 70.3 Å².